The molecule has 23 heteroatoms. The van der Waals surface area contributed by atoms with Crippen molar-refractivity contribution in [2.24, 2.45) is 0 Å². The van der Waals surface area contributed by atoms with Gasteiger partial charge < -0.3 is 20.7 Å². The molecule has 0 aliphatic heterocycles. The normalized spacial score (nSPS) is 11.5. The van der Waals surface area contributed by atoms with Crippen molar-refractivity contribution >= 4 is 109 Å². The summed E-state index contributed by atoms with van der Waals surface area (Å²) < 4.78 is 63.8. The van der Waals surface area contributed by atoms with Crippen LogP contribution in [0.5, 0.6) is 5.75 Å². The van der Waals surface area contributed by atoms with Crippen molar-refractivity contribution in [3.63, 3.8) is 0 Å². The summed E-state index contributed by atoms with van der Waals surface area (Å²) in [5, 5.41) is 8.81. The zero-order valence-electron chi connectivity index (χ0n) is 33.4. The highest BCUT2D eigenvalue weighted by Crippen LogP contribution is 2.32. The van der Waals surface area contributed by atoms with Gasteiger partial charge in [-0.25, -0.2) is 56.2 Å². The van der Waals surface area contributed by atoms with Crippen molar-refractivity contribution in [1.82, 2.24) is 29.9 Å². The van der Waals surface area contributed by atoms with Crippen LogP contribution in [0.4, 0.5) is 27.8 Å². The number of carbonyl (C=O) groups excluding carboxylic acids is 3. The Labute approximate surface area is 372 Å². The average molecular weight is 936 g/mol. The van der Waals surface area contributed by atoms with Crippen LogP contribution in [-0.4, -0.2) is 71.6 Å². The minimum Gasteiger partial charge on any atom is -0.497 e. The zero-order valence-corrected chi connectivity index (χ0v) is 36.7. The molecular weight excluding hydrogens is 903 g/mol. The van der Waals surface area contributed by atoms with Crippen LogP contribution >= 0.6 is 22.7 Å². The van der Waals surface area contributed by atoms with Gasteiger partial charge in [-0.3, -0.25) is 14.4 Å². The van der Waals surface area contributed by atoms with E-state index in [1.54, 1.807) is 54.6 Å². The summed E-state index contributed by atoms with van der Waals surface area (Å²) in [6.45, 7) is 1.40. The van der Waals surface area contributed by atoms with Crippen LogP contribution in [0, 0.1) is 0 Å². The Morgan fingerprint density at radius 1 is 0.594 bits per heavy atom. The van der Waals surface area contributed by atoms with Gasteiger partial charge in [-0.2, -0.15) is 0 Å². The molecule has 0 aliphatic carbocycles. The molecule has 5 N–H and O–H groups in total. The van der Waals surface area contributed by atoms with Crippen molar-refractivity contribution < 1.29 is 36.0 Å². The van der Waals surface area contributed by atoms with Gasteiger partial charge in [0.05, 0.1) is 48.7 Å². The number of anilines is 5. The maximum absolute atomic E-state index is 13.2. The number of hydrogen-bond donors (Lipinski definition) is 5. The Hall–Kier alpha value is -7.47. The number of methoxy groups -OCH3 is 1. The fraction of sp³-hybridized carbons (Fsp3) is 0.0976. The van der Waals surface area contributed by atoms with Crippen LogP contribution in [0.15, 0.2) is 119 Å². The molecule has 0 radical (unpaired) electrons. The smallest absolute Gasteiger partial charge is 0.264 e. The number of rotatable bonds is 15. The number of aromatic nitrogens is 6. The standard InChI is InChI=1S/C41H33N11O8S4/c1-23(53)44-40-48-32-12-6-24(20-34(32)61-40)30-16-18-42-38(46-30)51-63(56,57)28-10-8-26(9-11-28)45-36(54)14-15-37(55)50-41-49-33-13-7-25(21-35(33)62-41)31-17-19-43-39(47-31)52-64(58,59)29-5-3-4-27(22-29)60-2/h3-13,16-22H,14-15H2,1-2H3,(H,45,54)(H,42,46,51)(H,43,47,52)(H,44,48,53)(H,49,50,55). The lowest BCUT2D eigenvalue weighted by Gasteiger charge is -2.09. The van der Waals surface area contributed by atoms with Gasteiger partial charge >= 0.3 is 0 Å². The highest BCUT2D eigenvalue weighted by molar-refractivity contribution is 7.93. The third-order valence-electron chi connectivity index (χ3n) is 9.04. The molecule has 0 fully saturated rings. The van der Waals surface area contributed by atoms with Crippen molar-refractivity contribution in [1.29, 1.82) is 0 Å². The van der Waals surface area contributed by atoms with Gasteiger partial charge in [0.1, 0.15) is 5.75 Å². The van der Waals surface area contributed by atoms with Gasteiger partial charge in [-0.05, 0) is 72.8 Å². The Morgan fingerprint density at radius 3 is 1.67 bits per heavy atom. The Morgan fingerprint density at radius 2 is 1.12 bits per heavy atom. The number of fused-ring (bicyclic) bond motifs is 2. The number of thiazole rings is 2. The molecule has 19 nitrogen and oxygen atoms in total. The topological polar surface area (TPSA) is 266 Å². The maximum atomic E-state index is 13.2. The van der Waals surface area contributed by atoms with Gasteiger partial charge in [0, 0.05) is 55.0 Å². The lowest BCUT2D eigenvalue weighted by Crippen LogP contribution is -2.17. The molecule has 8 rings (SSSR count). The zero-order chi connectivity index (χ0) is 45.0. The number of benzene rings is 4. The van der Waals surface area contributed by atoms with E-state index >= 15 is 0 Å². The maximum Gasteiger partial charge on any atom is 0.264 e. The molecule has 8 aromatic rings. The number of nitrogens with one attached hydrogen (secondary N) is 5. The molecule has 0 atom stereocenters. The molecule has 4 aromatic carbocycles. The third-order valence-corrected chi connectivity index (χ3v) is 13.6. The van der Waals surface area contributed by atoms with E-state index < -0.39 is 31.9 Å². The quantitative estimate of drug-likeness (QED) is 0.0712. The average Bonchev–Trinajstić information content (AvgIpc) is 3.87. The second kappa shape index (κ2) is 18.1. The van der Waals surface area contributed by atoms with E-state index in [-0.39, 0.29) is 40.4 Å². The molecule has 0 spiro atoms. The van der Waals surface area contributed by atoms with Gasteiger partial charge in [-0.15, -0.1) is 0 Å². The summed E-state index contributed by atoms with van der Waals surface area (Å²) in [5.74, 6) is -1.05. The Balaban J connectivity index is 0.834. The van der Waals surface area contributed by atoms with E-state index in [2.05, 4.69) is 55.3 Å². The lowest BCUT2D eigenvalue weighted by atomic mass is 10.1. The summed E-state index contributed by atoms with van der Waals surface area (Å²) >= 11 is 2.50. The molecule has 0 saturated heterocycles. The molecule has 0 saturated carbocycles. The molecule has 64 heavy (non-hydrogen) atoms. The summed E-state index contributed by atoms with van der Waals surface area (Å²) in [4.78, 5) is 62.6. The van der Waals surface area contributed by atoms with Crippen molar-refractivity contribution in [3.05, 3.63) is 109 Å². The van der Waals surface area contributed by atoms with E-state index in [4.69, 9.17) is 4.74 Å². The summed E-state index contributed by atoms with van der Waals surface area (Å²) in [5.41, 5.74) is 3.84. The van der Waals surface area contributed by atoms with Crippen molar-refractivity contribution in [2.45, 2.75) is 29.6 Å². The molecule has 0 unspecified atom stereocenters. The number of carbonyl (C=O) groups is 3. The van der Waals surface area contributed by atoms with E-state index in [9.17, 15) is 31.2 Å². The summed E-state index contributed by atoms with van der Waals surface area (Å²) in [7, 11) is -6.69. The Bertz CT molecular complexity index is 3330. The molecule has 4 heterocycles. The Kier molecular flexibility index (Phi) is 12.2. The summed E-state index contributed by atoms with van der Waals surface area (Å²) in [6, 6.07) is 25.4. The second-order valence-electron chi connectivity index (χ2n) is 13.6. The fourth-order valence-electron chi connectivity index (χ4n) is 6.04. The minimum absolute atomic E-state index is 0.0162. The molecular formula is C41H33N11O8S4. The molecule has 0 aliphatic rings. The van der Waals surface area contributed by atoms with Gasteiger partial charge in [0.15, 0.2) is 10.3 Å². The highest BCUT2D eigenvalue weighted by Gasteiger charge is 2.20. The minimum atomic E-state index is -4.12. The van der Waals surface area contributed by atoms with Gasteiger partial charge in [0.25, 0.3) is 20.0 Å². The summed E-state index contributed by atoms with van der Waals surface area (Å²) in [6.07, 6.45) is 2.53. The van der Waals surface area contributed by atoms with Crippen LogP contribution < -0.4 is 30.1 Å². The fourth-order valence-corrected chi connectivity index (χ4v) is 9.85. The molecule has 3 amide bonds. The van der Waals surface area contributed by atoms with Crippen LogP contribution in [-0.2, 0) is 34.4 Å². The predicted octanol–water partition coefficient (Wildman–Crippen LogP) is 6.75. The van der Waals surface area contributed by atoms with Crippen LogP contribution in [0.1, 0.15) is 19.8 Å². The van der Waals surface area contributed by atoms with E-state index in [1.165, 1.54) is 85.5 Å². The van der Waals surface area contributed by atoms with E-state index in [0.29, 0.717) is 55.2 Å². The monoisotopic (exact) mass is 935 g/mol. The number of sulfonamides is 2. The molecule has 4 aromatic heterocycles. The SMILES string of the molecule is COc1cccc(S(=O)(=O)Nc2nccc(-c3ccc4nc(NC(=O)CCC(=O)Nc5ccc(S(=O)(=O)Nc6nccc(-c7ccc8nc(NC(C)=O)sc8c7)n6)cc5)sc4c3)n2)c1. The van der Waals surface area contributed by atoms with Gasteiger partial charge in [0.2, 0.25) is 29.6 Å². The first-order valence-corrected chi connectivity index (χ1v) is 23.4. The lowest BCUT2D eigenvalue weighted by molar-refractivity contribution is -0.121. The predicted molar refractivity (Wildman–Crippen MR) is 243 cm³/mol. The third kappa shape index (κ3) is 10.2. The largest absolute Gasteiger partial charge is 0.497 e. The number of amides is 3. The number of ether oxygens (including phenoxy) is 1. The number of hydrogen-bond acceptors (Lipinski definition) is 16. The highest BCUT2D eigenvalue weighted by atomic mass is 32.2. The van der Waals surface area contributed by atoms with Crippen LogP contribution in [0.3, 0.4) is 0 Å². The second-order valence-corrected chi connectivity index (χ2v) is 19.1. The first-order valence-electron chi connectivity index (χ1n) is 18.8. The van der Waals surface area contributed by atoms with Crippen molar-refractivity contribution in [3.8, 4) is 28.3 Å². The van der Waals surface area contributed by atoms with Gasteiger partial charge in [-0.1, -0.05) is 40.9 Å². The molecule has 324 valence electrons. The van der Waals surface area contributed by atoms with Crippen molar-refractivity contribution in [2.75, 3.05) is 32.5 Å². The number of nitrogens with zero attached hydrogens (tertiary/aromatic N) is 6. The van der Waals surface area contributed by atoms with Crippen LogP contribution in [0.25, 0.3) is 42.9 Å². The van der Waals surface area contributed by atoms with E-state index in [0.717, 1.165) is 9.40 Å². The van der Waals surface area contributed by atoms with E-state index in [1.807, 2.05) is 6.07 Å². The van der Waals surface area contributed by atoms with Crippen LogP contribution in [0.2, 0.25) is 0 Å². The first-order chi connectivity index (χ1) is 30.7. The molecule has 0 bridgehead atoms. The first kappa shape index (κ1) is 43.2.